The Hall–Kier alpha value is -2.36. The van der Waals surface area contributed by atoms with Crippen molar-refractivity contribution < 1.29 is 9.59 Å². The number of carbonyl (C=O) groups is 2. The molecule has 0 atom stereocenters. The smallest absolute Gasteiger partial charge is 0.229 e. The lowest BCUT2D eigenvalue weighted by atomic mass is 10.1. The SMILES string of the molecule is O=Cc1ccnc(C(=O)c2ccccn2)c1. The molecule has 2 aromatic rings. The molecule has 0 spiro atoms. The molecule has 0 unspecified atom stereocenters. The van der Waals surface area contributed by atoms with Crippen molar-refractivity contribution in [1.29, 1.82) is 0 Å². The highest BCUT2D eigenvalue weighted by Gasteiger charge is 2.11. The second kappa shape index (κ2) is 4.44. The fourth-order valence-corrected chi connectivity index (χ4v) is 1.27. The number of aromatic nitrogens is 2. The normalized spacial score (nSPS) is 9.75. The lowest BCUT2D eigenvalue weighted by molar-refractivity contribution is 0.103. The zero-order valence-corrected chi connectivity index (χ0v) is 8.33. The molecular formula is C12H8N2O2. The molecular weight excluding hydrogens is 204 g/mol. The summed E-state index contributed by atoms with van der Waals surface area (Å²) >= 11 is 0. The average Bonchev–Trinajstić information content (AvgIpc) is 2.39. The number of ketones is 1. The molecule has 0 saturated carbocycles. The van der Waals surface area contributed by atoms with Crippen LogP contribution in [0.4, 0.5) is 0 Å². The lowest BCUT2D eigenvalue weighted by Gasteiger charge is -1.99. The molecule has 4 heteroatoms. The van der Waals surface area contributed by atoms with Gasteiger partial charge in [-0.3, -0.25) is 19.6 Å². The summed E-state index contributed by atoms with van der Waals surface area (Å²) in [6, 6.07) is 8.06. The van der Waals surface area contributed by atoms with E-state index in [1.54, 1.807) is 24.3 Å². The Kier molecular flexibility index (Phi) is 2.82. The van der Waals surface area contributed by atoms with Gasteiger partial charge in [0, 0.05) is 18.0 Å². The van der Waals surface area contributed by atoms with Crippen LogP contribution in [0, 0.1) is 0 Å². The van der Waals surface area contributed by atoms with E-state index in [0.29, 0.717) is 17.5 Å². The lowest BCUT2D eigenvalue weighted by Crippen LogP contribution is -2.06. The van der Waals surface area contributed by atoms with Crippen LogP contribution in [0.3, 0.4) is 0 Å². The Morgan fingerprint density at radius 2 is 1.88 bits per heavy atom. The first-order chi connectivity index (χ1) is 7.81. The van der Waals surface area contributed by atoms with E-state index in [0.717, 1.165) is 0 Å². The van der Waals surface area contributed by atoms with E-state index in [-0.39, 0.29) is 11.5 Å². The van der Waals surface area contributed by atoms with Crippen molar-refractivity contribution >= 4 is 12.1 Å². The van der Waals surface area contributed by atoms with Crippen LogP contribution in [0.2, 0.25) is 0 Å². The van der Waals surface area contributed by atoms with Gasteiger partial charge in [-0.25, -0.2) is 0 Å². The van der Waals surface area contributed by atoms with E-state index < -0.39 is 0 Å². The standard InChI is InChI=1S/C12H8N2O2/c15-8-9-4-6-14-11(7-9)12(16)10-3-1-2-5-13-10/h1-8H. The highest BCUT2D eigenvalue weighted by molar-refractivity contribution is 6.06. The molecule has 0 aliphatic heterocycles. The van der Waals surface area contributed by atoms with Gasteiger partial charge in [0.25, 0.3) is 0 Å². The molecule has 0 fully saturated rings. The van der Waals surface area contributed by atoms with Crippen LogP contribution in [0.25, 0.3) is 0 Å². The molecule has 0 aliphatic rings. The second-order valence-corrected chi connectivity index (χ2v) is 3.14. The minimum Gasteiger partial charge on any atom is -0.298 e. The number of hydrogen-bond donors (Lipinski definition) is 0. The Labute approximate surface area is 92.0 Å². The van der Waals surface area contributed by atoms with Gasteiger partial charge in [-0.05, 0) is 24.3 Å². The zero-order valence-electron chi connectivity index (χ0n) is 8.33. The number of aldehydes is 1. The fraction of sp³-hybridized carbons (Fsp3) is 0. The summed E-state index contributed by atoms with van der Waals surface area (Å²) in [6.07, 6.45) is 3.65. The molecule has 0 radical (unpaired) electrons. The largest absolute Gasteiger partial charge is 0.298 e. The number of carbonyl (C=O) groups excluding carboxylic acids is 2. The van der Waals surface area contributed by atoms with Crippen molar-refractivity contribution in [3.8, 4) is 0 Å². The summed E-state index contributed by atoms with van der Waals surface area (Å²) in [5.41, 5.74) is 0.968. The van der Waals surface area contributed by atoms with E-state index in [9.17, 15) is 9.59 Å². The maximum atomic E-state index is 11.9. The highest BCUT2D eigenvalue weighted by Crippen LogP contribution is 2.05. The van der Waals surface area contributed by atoms with Gasteiger partial charge < -0.3 is 0 Å². The van der Waals surface area contributed by atoms with Crippen LogP contribution in [0.1, 0.15) is 26.5 Å². The predicted molar refractivity (Wildman–Crippen MR) is 57.3 cm³/mol. The van der Waals surface area contributed by atoms with Gasteiger partial charge in [0.15, 0.2) is 0 Å². The summed E-state index contributed by atoms with van der Waals surface area (Å²) in [6.45, 7) is 0. The quantitative estimate of drug-likeness (QED) is 0.571. The molecule has 0 aromatic carbocycles. The van der Waals surface area contributed by atoms with E-state index in [1.807, 2.05) is 0 Å². The number of hydrogen-bond acceptors (Lipinski definition) is 4. The van der Waals surface area contributed by atoms with E-state index >= 15 is 0 Å². The molecule has 0 amide bonds. The van der Waals surface area contributed by atoms with Gasteiger partial charge in [-0.1, -0.05) is 6.07 Å². The molecule has 2 aromatic heterocycles. The Morgan fingerprint density at radius 3 is 2.56 bits per heavy atom. The van der Waals surface area contributed by atoms with Gasteiger partial charge in [0.1, 0.15) is 17.7 Å². The Morgan fingerprint density at radius 1 is 1.06 bits per heavy atom. The molecule has 2 heterocycles. The van der Waals surface area contributed by atoms with Crippen molar-refractivity contribution in [1.82, 2.24) is 9.97 Å². The molecule has 4 nitrogen and oxygen atoms in total. The van der Waals surface area contributed by atoms with Crippen LogP contribution in [-0.4, -0.2) is 22.0 Å². The summed E-state index contributed by atoms with van der Waals surface area (Å²) in [4.78, 5) is 30.3. The van der Waals surface area contributed by atoms with Crippen molar-refractivity contribution in [2.45, 2.75) is 0 Å². The predicted octanol–water partition coefficient (Wildman–Crippen LogP) is 1.52. The number of nitrogens with zero attached hydrogens (tertiary/aromatic N) is 2. The van der Waals surface area contributed by atoms with Gasteiger partial charge in [-0.15, -0.1) is 0 Å². The third-order valence-corrected chi connectivity index (χ3v) is 2.05. The summed E-state index contributed by atoms with van der Waals surface area (Å²) in [5.74, 6) is -0.288. The monoisotopic (exact) mass is 212 g/mol. The van der Waals surface area contributed by atoms with Crippen molar-refractivity contribution in [2.75, 3.05) is 0 Å². The molecule has 16 heavy (non-hydrogen) atoms. The molecule has 2 rings (SSSR count). The Bertz CT molecular complexity index is 524. The first kappa shape index (κ1) is 10.2. The van der Waals surface area contributed by atoms with Gasteiger partial charge in [0.05, 0.1) is 0 Å². The molecule has 0 saturated heterocycles. The fourth-order valence-electron chi connectivity index (χ4n) is 1.27. The van der Waals surface area contributed by atoms with Crippen molar-refractivity contribution in [2.24, 2.45) is 0 Å². The molecule has 0 bridgehead atoms. The zero-order chi connectivity index (χ0) is 11.4. The highest BCUT2D eigenvalue weighted by atomic mass is 16.1. The first-order valence-corrected chi connectivity index (χ1v) is 4.68. The van der Waals surface area contributed by atoms with E-state index in [1.165, 1.54) is 18.5 Å². The average molecular weight is 212 g/mol. The van der Waals surface area contributed by atoms with Gasteiger partial charge >= 0.3 is 0 Å². The third-order valence-electron chi connectivity index (χ3n) is 2.05. The van der Waals surface area contributed by atoms with Crippen LogP contribution < -0.4 is 0 Å². The number of rotatable bonds is 3. The van der Waals surface area contributed by atoms with Gasteiger partial charge in [-0.2, -0.15) is 0 Å². The van der Waals surface area contributed by atoms with E-state index in [4.69, 9.17) is 0 Å². The topological polar surface area (TPSA) is 59.9 Å². The third kappa shape index (κ3) is 2.00. The molecule has 0 aliphatic carbocycles. The minimum absolute atomic E-state index is 0.225. The summed E-state index contributed by atoms with van der Waals surface area (Å²) < 4.78 is 0. The molecule has 78 valence electrons. The van der Waals surface area contributed by atoms with Crippen LogP contribution in [-0.2, 0) is 0 Å². The van der Waals surface area contributed by atoms with Crippen LogP contribution >= 0.6 is 0 Å². The summed E-state index contributed by atoms with van der Waals surface area (Å²) in [7, 11) is 0. The maximum absolute atomic E-state index is 11.9. The second-order valence-electron chi connectivity index (χ2n) is 3.14. The van der Waals surface area contributed by atoms with Crippen molar-refractivity contribution in [3.63, 3.8) is 0 Å². The number of pyridine rings is 2. The Balaban J connectivity index is 2.38. The van der Waals surface area contributed by atoms with Crippen LogP contribution in [0.5, 0.6) is 0 Å². The summed E-state index contributed by atoms with van der Waals surface area (Å²) in [5, 5.41) is 0. The molecule has 0 N–H and O–H groups in total. The first-order valence-electron chi connectivity index (χ1n) is 4.68. The van der Waals surface area contributed by atoms with E-state index in [2.05, 4.69) is 9.97 Å². The van der Waals surface area contributed by atoms with Gasteiger partial charge in [0.2, 0.25) is 5.78 Å². The van der Waals surface area contributed by atoms with Crippen LogP contribution in [0.15, 0.2) is 42.7 Å². The maximum Gasteiger partial charge on any atom is 0.229 e. The minimum atomic E-state index is -0.288. The van der Waals surface area contributed by atoms with Crippen molar-refractivity contribution in [3.05, 3.63) is 59.7 Å².